The topological polar surface area (TPSA) is 54.2 Å². The number of hydrogen-bond acceptors (Lipinski definition) is 5. The van der Waals surface area contributed by atoms with Crippen LogP contribution in [-0.4, -0.2) is 35.6 Å². The van der Waals surface area contributed by atoms with Crippen LogP contribution in [0.25, 0.3) is 0 Å². The van der Waals surface area contributed by atoms with Crippen molar-refractivity contribution < 1.29 is 0 Å². The van der Waals surface area contributed by atoms with Crippen LogP contribution in [0.1, 0.15) is 11.8 Å². The van der Waals surface area contributed by atoms with Gasteiger partial charge >= 0.3 is 0 Å². The van der Waals surface area contributed by atoms with Crippen molar-refractivity contribution in [2.45, 2.75) is 19.5 Å². The van der Waals surface area contributed by atoms with E-state index in [-0.39, 0.29) is 0 Å². The van der Waals surface area contributed by atoms with Crippen LogP contribution in [0.3, 0.4) is 0 Å². The molecule has 0 radical (unpaired) electrons. The Hall–Kier alpha value is -0.650. The van der Waals surface area contributed by atoms with Gasteiger partial charge in [-0.2, -0.15) is 0 Å². The van der Waals surface area contributed by atoms with Gasteiger partial charge in [0.25, 0.3) is 0 Å². The maximum absolute atomic E-state index is 5.59. The molecule has 1 aromatic rings. The normalized spacial score (nSPS) is 23.9. The first kappa shape index (κ1) is 9.89. The van der Waals surface area contributed by atoms with Crippen LogP contribution in [0, 0.1) is 0 Å². The number of aromatic nitrogens is 1. The third-order valence-corrected chi connectivity index (χ3v) is 3.22. The summed E-state index contributed by atoms with van der Waals surface area (Å²) in [6.45, 7) is 6.50. The van der Waals surface area contributed by atoms with Gasteiger partial charge in [0.15, 0.2) is 5.13 Å². The molecular formula is C9H16N4S. The zero-order valence-electron chi connectivity index (χ0n) is 8.36. The van der Waals surface area contributed by atoms with Gasteiger partial charge < -0.3 is 11.1 Å². The summed E-state index contributed by atoms with van der Waals surface area (Å²) in [6, 6.07) is 0.592. The molecular weight excluding hydrogens is 196 g/mol. The van der Waals surface area contributed by atoms with Crippen LogP contribution < -0.4 is 11.1 Å². The van der Waals surface area contributed by atoms with Crippen LogP contribution in [0.4, 0.5) is 5.13 Å². The molecule has 1 aromatic heterocycles. The van der Waals surface area contributed by atoms with Gasteiger partial charge in [-0.05, 0) is 6.92 Å². The van der Waals surface area contributed by atoms with E-state index in [1.54, 1.807) is 11.3 Å². The first-order valence-corrected chi connectivity index (χ1v) is 5.71. The number of nitrogens with one attached hydrogen (secondary N) is 1. The molecule has 0 saturated carbocycles. The lowest BCUT2D eigenvalue weighted by atomic mass is 10.2. The maximum atomic E-state index is 5.59. The SMILES string of the molecule is C[C@@H]1CN(Cc2cnc(N)s2)CCN1. The van der Waals surface area contributed by atoms with Gasteiger partial charge in [0.1, 0.15) is 0 Å². The lowest BCUT2D eigenvalue weighted by molar-refractivity contribution is 0.201. The number of thiazole rings is 1. The molecule has 0 amide bonds. The summed E-state index contributed by atoms with van der Waals surface area (Å²) in [5, 5.41) is 4.09. The quantitative estimate of drug-likeness (QED) is 0.750. The molecule has 1 aliphatic rings. The summed E-state index contributed by atoms with van der Waals surface area (Å²) in [5.41, 5.74) is 5.59. The summed E-state index contributed by atoms with van der Waals surface area (Å²) in [7, 11) is 0. The molecule has 2 heterocycles. The number of piperazine rings is 1. The van der Waals surface area contributed by atoms with Crippen molar-refractivity contribution in [2.75, 3.05) is 25.4 Å². The Morgan fingerprint density at radius 2 is 2.64 bits per heavy atom. The lowest BCUT2D eigenvalue weighted by Crippen LogP contribution is -2.48. The second kappa shape index (κ2) is 4.25. The Labute approximate surface area is 88.1 Å². The minimum absolute atomic E-state index is 0.592. The van der Waals surface area contributed by atoms with Crippen LogP contribution in [0.2, 0.25) is 0 Å². The number of nitrogens with zero attached hydrogens (tertiary/aromatic N) is 2. The van der Waals surface area contributed by atoms with Crippen molar-refractivity contribution in [1.29, 1.82) is 0 Å². The highest BCUT2D eigenvalue weighted by Crippen LogP contribution is 2.17. The number of anilines is 1. The third-order valence-electron chi connectivity index (χ3n) is 2.40. The van der Waals surface area contributed by atoms with E-state index in [2.05, 4.69) is 22.1 Å². The predicted octanol–water partition coefficient (Wildman–Crippen LogP) is 0.519. The van der Waals surface area contributed by atoms with Crippen molar-refractivity contribution in [3.63, 3.8) is 0 Å². The molecule has 78 valence electrons. The van der Waals surface area contributed by atoms with Crippen molar-refractivity contribution >= 4 is 16.5 Å². The minimum atomic E-state index is 0.592. The van der Waals surface area contributed by atoms with Gasteiger partial charge in [0.05, 0.1) is 0 Å². The molecule has 4 nitrogen and oxygen atoms in total. The molecule has 1 saturated heterocycles. The smallest absolute Gasteiger partial charge is 0.180 e. The molecule has 0 aliphatic carbocycles. The van der Waals surface area contributed by atoms with Crippen molar-refractivity contribution in [3.05, 3.63) is 11.1 Å². The van der Waals surface area contributed by atoms with E-state index < -0.39 is 0 Å². The Kier molecular flexibility index (Phi) is 3.00. The zero-order chi connectivity index (χ0) is 9.97. The fourth-order valence-corrected chi connectivity index (χ4v) is 2.50. The average Bonchev–Trinajstić information content (AvgIpc) is 2.51. The molecule has 3 N–H and O–H groups in total. The first-order valence-electron chi connectivity index (χ1n) is 4.90. The average molecular weight is 212 g/mol. The van der Waals surface area contributed by atoms with Crippen LogP contribution in [-0.2, 0) is 6.54 Å². The standard InChI is InChI=1S/C9H16N4S/c1-7-5-13(3-2-11-7)6-8-4-12-9(10)14-8/h4,7,11H,2-3,5-6H2,1H3,(H2,10,12)/t7-/m1/s1. The first-order chi connectivity index (χ1) is 6.74. The molecule has 1 fully saturated rings. The number of rotatable bonds is 2. The highest BCUT2D eigenvalue weighted by Gasteiger charge is 2.16. The summed E-state index contributed by atoms with van der Waals surface area (Å²) in [4.78, 5) is 7.75. The largest absolute Gasteiger partial charge is 0.375 e. The molecule has 5 heteroatoms. The van der Waals surface area contributed by atoms with E-state index in [4.69, 9.17) is 5.73 Å². The molecule has 1 aliphatic heterocycles. The van der Waals surface area contributed by atoms with Gasteiger partial charge in [-0.3, -0.25) is 4.90 Å². The Morgan fingerprint density at radius 1 is 1.79 bits per heavy atom. The molecule has 14 heavy (non-hydrogen) atoms. The van der Waals surface area contributed by atoms with E-state index in [1.807, 2.05) is 6.20 Å². The van der Waals surface area contributed by atoms with Crippen molar-refractivity contribution in [3.8, 4) is 0 Å². The van der Waals surface area contributed by atoms with E-state index in [1.165, 1.54) is 4.88 Å². The molecule has 2 rings (SSSR count). The Balaban J connectivity index is 1.90. The van der Waals surface area contributed by atoms with Gasteiger partial charge in [-0.25, -0.2) is 4.98 Å². The molecule has 0 aromatic carbocycles. The van der Waals surface area contributed by atoms with E-state index in [0.29, 0.717) is 11.2 Å². The fourth-order valence-electron chi connectivity index (χ4n) is 1.77. The van der Waals surface area contributed by atoms with Crippen LogP contribution in [0.5, 0.6) is 0 Å². The lowest BCUT2D eigenvalue weighted by Gasteiger charge is -2.31. The van der Waals surface area contributed by atoms with Crippen molar-refractivity contribution in [1.82, 2.24) is 15.2 Å². The third kappa shape index (κ3) is 2.43. The summed E-state index contributed by atoms with van der Waals surface area (Å²) in [6.07, 6.45) is 1.88. The van der Waals surface area contributed by atoms with E-state index >= 15 is 0 Å². The predicted molar refractivity (Wildman–Crippen MR) is 59.3 cm³/mol. The molecule has 1 atom stereocenters. The number of nitrogen functional groups attached to an aromatic ring is 1. The summed E-state index contributed by atoms with van der Waals surface area (Å²) >= 11 is 1.59. The highest BCUT2D eigenvalue weighted by molar-refractivity contribution is 7.15. The van der Waals surface area contributed by atoms with Crippen LogP contribution >= 0.6 is 11.3 Å². The van der Waals surface area contributed by atoms with Gasteiger partial charge in [-0.1, -0.05) is 0 Å². The minimum Gasteiger partial charge on any atom is -0.375 e. The van der Waals surface area contributed by atoms with E-state index in [0.717, 1.165) is 26.2 Å². The zero-order valence-corrected chi connectivity index (χ0v) is 9.18. The Morgan fingerprint density at radius 3 is 3.29 bits per heavy atom. The second-order valence-corrected chi connectivity index (χ2v) is 4.90. The van der Waals surface area contributed by atoms with E-state index in [9.17, 15) is 0 Å². The van der Waals surface area contributed by atoms with Crippen molar-refractivity contribution in [2.24, 2.45) is 0 Å². The summed E-state index contributed by atoms with van der Waals surface area (Å²) in [5.74, 6) is 0. The number of nitrogens with two attached hydrogens (primary N) is 1. The highest BCUT2D eigenvalue weighted by atomic mass is 32.1. The molecule has 0 unspecified atom stereocenters. The Bertz CT molecular complexity index is 299. The monoisotopic (exact) mass is 212 g/mol. The van der Waals surface area contributed by atoms with Crippen LogP contribution in [0.15, 0.2) is 6.20 Å². The molecule has 0 spiro atoms. The summed E-state index contributed by atoms with van der Waals surface area (Å²) < 4.78 is 0. The van der Waals surface area contributed by atoms with Gasteiger partial charge in [-0.15, -0.1) is 11.3 Å². The molecule has 0 bridgehead atoms. The van der Waals surface area contributed by atoms with Gasteiger partial charge in [0.2, 0.25) is 0 Å². The van der Waals surface area contributed by atoms with Gasteiger partial charge in [0, 0.05) is 43.3 Å². The maximum Gasteiger partial charge on any atom is 0.180 e. The number of hydrogen-bond donors (Lipinski definition) is 2. The fraction of sp³-hybridized carbons (Fsp3) is 0.667. The second-order valence-electron chi connectivity index (χ2n) is 3.76.